The maximum atomic E-state index is 13.0. The average molecular weight is 366 g/mol. The first-order valence-electron chi connectivity index (χ1n) is 9.70. The van der Waals surface area contributed by atoms with Crippen molar-refractivity contribution in [2.24, 2.45) is 17.8 Å². The molecule has 5 heteroatoms. The molecule has 142 valence electrons. The minimum atomic E-state index is -0.0951. The van der Waals surface area contributed by atoms with Gasteiger partial charge in [-0.1, -0.05) is 12.2 Å². The van der Waals surface area contributed by atoms with Gasteiger partial charge >= 0.3 is 6.03 Å². The Hall–Kier alpha value is -2.69. The Kier molecular flexibility index (Phi) is 5.19. The molecule has 1 saturated carbocycles. The fourth-order valence-corrected chi connectivity index (χ4v) is 4.20. The molecule has 27 heavy (non-hydrogen) atoms. The van der Waals surface area contributed by atoms with Crippen molar-refractivity contribution in [3.8, 4) is 5.75 Å². The Morgan fingerprint density at radius 2 is 2.07 bits per heavy atom. The van der Waals surface area contributed by atoms with Gasteiger partial charge in [0.15, 0.2) is 0 Å². The number of allylic oxidation sites excluding steroid dienone is 2. The van der Waals surface area contributed by atoms with Crippen molar-refractivity contribution < 1.29 is 13.9 Å². The Labute approximate surface area is 160 Å². The van der Waals surface area contributed by atoms with Crippen LogP contribution in [0.15, 0.2) is 59.2 Å². The van der Waals surface area contributed by atoms with E-state index in [0.717, 1.165) is 23.7 Å². The highest BCUT2D eigenvalue weighted by molar-refractivity contribution is 5.89. The fraction of sp³-hybridized carbons (Fsp3) is 0.409. The summed E-state index contributed by atoms with van der Waals surface area (Å²) in [5.74, 6) is 3.43. The van der Waals surface area contributed by atoms with Gasteiger partial charge < -0.3 is 19.4 Å². The zero-order valence-corrected chi connectivity index (χ0v) is 15.6. The molecule has 1 heterocycles. The van der Waals surface area contributed by atoms with Crippen LogP contribution in [0, 0.1) is 17.8 Å². The molecule has 0 saturated heterocycles. The molecule has 5 nitrogen and oxygen atoms in total. The van der Waals surface area contributed by atoms with Crippen LogP contribution in [0.25, 0.3) is 0 Å². The van der Waals surface area contributed by atoms with Crippen LogP contribution in [0.5, 0.6) is 5.75 Å². The zero-order valence-electron chi connectivity index (χ0n) is 15.6. The van der Waals surface area contributed by atoms with Crippen LogP contribution in [0.1, 0.15) is 25.5 Å². The Morgan fingerprint density at radius 1 is 1.22 bits per heavy atom. The maximum absolute atomic E-state index is 13.0. The SMILES string of the molecule is CCOc1ccc(NC(=O)N(Cc2ccco2)CC2CC3C=CC2C3)cc1. The molecule has 2 aromatic rings. The summed E-state index contributed by atoms with van der Waals surface area (Å²) in [4.78, 5) is 14.8. The Bertz CT molecular complexity index is 782. The summed E-state index contributed by atoms with van der Waals surface area (Å²) in [7, 11) is 0. The summed E-state index contributed by atoms with van der Waals surface area (Å²) in [5.41, 5.74) is 0.765. The number of fused-ring (bicyclic) bond motifs is 2. The van der Waals surface area contributed by atoms with Gasteiger partial charge in [-0.2, -0.15) is 0 Å². The van der Waals surface area contributed by atoms with E-state index in [-0.39, 0.29) is 6.03 Å². The molecule has 1 aromatic carbocycles. The summed E-state index contributed by atoms with van der Waals surface area (Å²) in [6.45, 7) is 3.80. The van der Waals surface area contributed by atoms with Crippen LogP contribution < -0.4 is 10.1 Å². The molecule has 1 aromatic heterocycles. The largest absolute Gasteiger partial charge is 0.494 e. The maximum Gasteiger partial charge on any atom is 0.322 e. The summed E-state index contributed by atoms with van der Waals surface area (Å²) < 4.78 is 10.9. The molecule has 0 radical (unpaired) electrons. The quantitative estimate of drug-likeness (QED) is 0.707. The van der Waals surface area contributed by atoms with Gasteiger partial charge in [0, 0.05) is 12.2 Å². The number of furan rings is 1. The smallest absolute Gasteiger partial charge is 0.322 e. The van der Waals surface area contributed by atoms with Gasteiger partial charge in [-0.15, -0.1) is 0 Å². The second kappa shape index (κ2) is 7.91. The van der Waals surface area contributed by atoms with E-state index >= 15 is 0 Å². The van der Waals surface area contributed by atoms with Gasteiger partial charge in [0.2, 0.25) is 0 Å². The number of hydrogen-bond donors (Lipinski definition) is 1. The minimum absolute atomic E-state index is 0.0951. The van der Waals surface area contributed by atoms with Gasteiger partial charge in [-0.25, -0.2) is 4.79 Å². The van der Waals surface area contributed by atoms with Gasteiger partial charge in [0.05, 0.1) is 19.4 Å². The Morgan fingerprint density at radius 3 is 2.70 bits per heavy atom. The second-order valence-corrected chi connectivity index (χ2v) is 7.39. The van der Waals surface area contributed by atoms with Crippen LogP contribution in [0.2, 0.25) is 0 Å². The van der Waals surface area contributed by atoms with Gasteiger partial charge in [0.25, 0.3) is 0 Å². The van der Waals surface area contributed by atoms with Crippen molar-refractivity contribution in [3.05, 3.63) is 60.6 Å². The first-order chi connectivity index (χ1) is 13.2. The van der Waals surface area contributed by atoms with Crippen molar-refractivity contribution in [2.45, 2.75) is 26.3 Å². The van der Waals surface area contributed by atoms with Crippen molar-refractivity contribution >= 4 is 11.7 Å². The molecule has 1 fully saturated rings. The van der Waals surface area contributed by atoms with E-state index in [1.165, 1.54) is 12.8 Å². The number of urea groups is 1. The minimum Gasteiger partial charge on any atom is -0.494 e. The molecule has 2 bridgehead atoms. The van der Waals surface area contributed by atoms with Gasteiger partial charge in [-0.05, 0) is 73.9 Å². The normalized spacial score (nSPS) is 22.8. The van der Waals surface area contributed by atoms with Crippen molar-refractivity contribution in [3.63, 3.8) is 0 Å². The number of nitrogens with zero attached hydrogens (tertiary/aromatic N) is 1. The van der Waals surface area contributed by atoms with Crippen LogP contribution in [-0.4, -0.2) is 24.1 Å². The number of hydrogen-bond acceptors (Lipinski definition) is 3. The van der Waals surface area contributed by atoms with E-state index in [1.807, 2.05) is 48.2 Å². The third-order valence-corrected chi connectivity index (χ3v) is 5.50. The highest BCUT2D eigenvalue weighted by Crippen LogP contribution is 2.43. The summed E-state index contributed by atoms with van der Waals surface area (Å²) in [5, 5.41) is 3.01. The van der Waals surface area contributed by atoms with E-state index in [1.54, 1.807) is 6.26 Å². The number of benzene rings is 1. The standard InChI is InChI=1S/C22H26N2O3/c1-2-26-20-9-7-19(8-10-20)23-22(25)24(15-21-4-3-11-27-21)14-18-13-16-5-6-17(18)12-16/h3-11,16-18H,2,12-15H2,1H3,(H,23,25). The molecule has 0 aliphatic heterocycles. The van der Waals surface area contributed by atoms with E-state index in [0.29, 0.717) is 30.9 Å². The molecule has 2 amide bonds. The second-order valence-electron chi connectivity index (χ2n) is 7.39. The Balaban J connectivity index is 1.43. The third kappa shape index (κ3) is 4.18. The lowest BCUT2D eigenvalue weighted by atomic mass is 9.93. The lowest BCUT2D eigenvalue weighted by molar-refractivity contribution is 0.186. The van der Waals surface area contributed by atoms with Crippen molar-refractivity contribution in [2.75, 3.05) is 18.5 Å². The predicted octanol–water partition coefficient (Wildman–Crippen LogP) is 4.92. The van der Waals surface area contributed by atoms with Gasteiger partial charge in [0.1, 0.15) is 11.5 Å². The first kappa shape index (κ1) is 17.7. The van der Waals surface area contributed by atoms with Crippen LogP contribution in [0.4, 0.5) is 10.5 Å². The molecule has 2 aliphatic carbocycles. The fourth-order valence-electron chi connectivity index (χ4n) is 4.20. The molecule has 0 spiro atoms. The topological polar surface area (TPSA) is 54.7 Å². The number of nitrogens with one attached hydrogen (secondary N) is 1. The molecule has 3 unspecified atom stereocenters. The number of ether oxygens (including phenoxy) is 1. The van der Waals surface area contributed by atoms with Crippen LogP contribution in [-0.2, 0) is 6.54 Å². The van der Waals surface area contributed by atoms with Crippen molar-refractivity contribution in [1.29, 1.82) is 0 Å². The monoisotopic (exact) mass is 366 g/mol. The van der Waals surface area contributed by atoms with Crippen LogP contribution >= 0.6 is 0 Å². The average Bonchev–Trinajstić information content (AvgIpc) is 3.41. The van der Waals surface area contributed by atoms with E-state index in [2.05, 4.69) is 17.5 Å². The summed E-state index contributed by atoms with van der Waals surface area (Å²) >= 11 is 0. The zero-order chi connectivity index (χ0) is 18.6. The molecule has 2 aliphatic rings. The van der Waals surface area contributed by atoms with Crippen molar-refractivity contribution in [1.82, 2.24) is 4.90 Å². The summed E-state index contributed by atoms with van der Waals surface area (Å²) in [6.07, 6.45) is 8.72. The first-order valence-corrected chi connectivity index (χ1v) is 9.70. The van der Waals surface area contributed by atoms with Gasteiger partial charge in [-0.3, -0.25) is 0 Å². The number of amides is 2. The highest BCUT2D eigenvalue weighted by atomic mass is 16.5. The molecular formula is C22H26N2O3. The summed E-state index contributed by atoms with van der Waals surface area (Å²) in [6, 6.07) is 11.2. The lowest BCUT2D eigenvalue weighted by Crippen LogP contribution is -2.38. The highest BCUT2D eigenvalue weighted by Gasteiger charge is 2.37. The van der Waals surface area contributed by atoms with E-state index < -0.39 is 0 Å². The number of carbonyl (C=O) groups excluding carboxylic acids is 1. The number of anilines is 1. The molecule has 3 atom stereocenters. The van der Waals surface area contributed by atoms with E-state index in [4.69, 9.17) is 9.15 Å². The lowest BCUT2D eigenvalue weighted by Gasteiger charge is -2.28. The number of rotatable bonds is 7. The predicted molar refractivity (Wildman–Crippen MR) is 105 cm³/mol. The molecule has 1 N–H and O–H groups in total. The third-order valence-electron chi connectivity index (χ3n) is 5.50. The number of carbonyl (C=O) groups is 1. The molecular weight excluding hydrogens is 340 g/mol. The van der Waals surface area contributed by atoms with Crippen LogP contribution in [0.3, 0.4) is 0 Å². The van der Waals surface area contributed by atoms with E-state index in [9.17, 15) is 4.79 Å². The molecule has 4 rings (SSSR count).